The summed E-state index contributed by atoms with van der Waals surface area (Å²) < 4.78 is 5.58. The van der Waals surface area contributed by atoms with Crippen molar-refractivity contribution in [1.82, 2.24) is 10.2 Å². The molecule has 3 amide bonds. The SMILES string of the molecule is Cc1cccc(NC(=O)NCC(=O)N2C(C(=O)OC(C)(C)C)CC(CO)C2c2ccccc2)c1. The Hall–Kier alpha value is -3.39. The van der Waals surface area contributed by atoms with Crippen LogP contribution in [0.25, 0.3) is 0 Å². The number of nitrogens with one attached hydrogen (secondary N) is 2. The number of hydrogen-bond acceptors (Lipinski definition) is 5. The highest BCUT2D eigenvalue weighted by atomic mass is 16.6. The molecule has 3 N–H and O–H groups in total. The van der Waals surface area contributed by atoms with Gasteiger partial charge in [0, 0.05) is 18.2 Å². The number of ether oxygens (including phenoxy) is 1. The summed E-state index contributed by atoms with van der Waals surface area (Å²) in [7, 11) is 0. The number of aryl methyl sites for hydroxylation is 1. The molecule has 1 saturated heterocycles. The lowest BCUT2D eigenvalue weighted by atomic mass is 9.94. The molecule has 182 valence electrons. The minimum atomic E-state index is -0.865. The number of aliphatic hydroxyl groups excluding tert-OH is 1. The van der Waals surface area contributed by atoms with E-state index in [4.69, 9.17) is 4.74 Å². The van der Waals surface area contributed by atoms with Crippen molar-refractivity contribution >= 4 is 23.6 Å². The predicted octanol–water partition coefficient (Wildman–Crippen LogP) is 3.41. The van der Waals surface area contributed by atoms with E-state index in [1.165, 1.54) is 4.90 Å². The molecule has 1 heterocycles. The smallest absolute Gasteiger partial charge is 0.329 e. The molecule has 1 aliphatic heterocycles. The number of urea groups is 1. The van der Waals surface area contributed by atoms with Gasteiger partial charge in [-0.3, -0.25) is 4.79 Å². The average molecular weight is 468 g/mol. The summed E-state index contributed by atoms with van der Waals surface area (Å²) in [4.78, 5) is 40.3. The van der Waals surface area contributed by atoms with Gasteiger partial charge in [-0.2, -0.15) is 0 Å². The fourth-order valence-electron chi connectivity index (χ4n) is 4.26. The summed E-state index contributed by atoms with van der Waals surface area (Å²) >= 11 is 0. The largest absolute Gasteiger partial charge is 0.458 e. The molecule has 8 heteroatoms. The molecule has 2 aromatic rings. The van der Waals surface area contributed by atoms with Crippen molar-refractivity contribution < 1.29 is 24.2 Å². The van der Waals surface area contributed by atoms with Crippen molar-refractivity contribution in [2.24, 2.45) is 5.92 Å². The van der Waals surface area contributed by atoms with Gasteiger partial charge in [-0.05, 0) is 57.4 Å². The molecule has 0 aromatic heterocycles. The summed E-state index contributed by atoms with van der Waals surface area (Å²) in [5, 5.41) is 15.4. The highest BCUT2D eigenvalue weighted by Crippen LogP contribution is 2.41. The molecule has 34 heavy (non-hydrogen) atoms. The molecule has 3 rings (SSSR count). The minimum Gasteiger partial charge on any atom is -0.458 e. The molecule has 8 nitrogen and oxygen atoms in total. The van der Waals surface area contributed by atoms with Gasteiger partial charge >= 0.3 is 12.0 Å². The van der Waals surface area contributed by atoms with Crippen LogP contribution in [0.4, 0.5) is 10.5 Å². The number of nitrogens with zero attached hydrogens (tertiary/aromatic N) is 1. The summed E-state index contributed by atoms with van der Waals surface area (Å²) in [6.45, 7) is 6.71. The highest BCUT2D eigenvalue weighted by molar-refractivity contribution is 5.93. The second kappa shape index (κ2) is 10.7. The van der Waals surface area contributed by atoms with E-state index >= 15 is 0 Å². The van der Waals surface area contributed by atoms with Crippen molar-refractivity contribution in [1.29, 1.82) is 0 Å². The number of benzene rings is 2. The Bertz CT molecular complexity index is 1020. The first-order valence-electron chi connectivity index (χ1n) is 11.4. The molecule has 2 aromatic carbocycles. The fraction of sp³-hybridized carbons (Fsp3) is 0.423. The molecule has 0 spiro atoms. The summed E-state index contributed by atoms with van der Waals surface area (Å²) in [6, 6.07) is 14.7. The molecule has 0 radical (unpaired) electrons. The highest BCUT2D eigenvalue weighted by Gasteiger charge is 2.48. The van der Waals surface area contributed by atoms with E-state index in [1.807, 2.05) is 55.5 Å². The van der Waals surface area contributed by atoms with Crippen LogP contribution in [-0.2, 0) is 14.3 Å². The van der Waals surface area contributed by atoms with Gasteiger partial charge < -0.3 is 25.4 Å². The third-order valence-electron chi connectivity index (χ3n) is 5.63. The Balaban J connectivity index is 1.80. The van der Waals surface area contributed by atoms with Crippen molar-refractivity contribution in [3.8, 4) is 0 Å². The molecule has 0 bridgehead atoms. The van der Waals surface area contributed by atoms with Crippen LogP contribution in [0.2, 0.25) is 0 Å². The van der Waals surface area contributed by atoms with E-state index in [1.54, 1.807) is 26.8 Å². The number of likely N-dealkylation sites (tertiary alicyclic amines) is 1. The van der Waals surface area contributed by atoms with Crippen LogP contribution in [0.5, 0.6) is 0 Å². The Kier molecular flexibility index (Phi) is 7.94. The topological polar surface area (TPSA) is 108 Å². The lowest BCUT2D eigenvalue weighted by molar-refractivity contribution is -0.164. The van der Waals surface area contributed by atoms with Crippen LogP contribution in [0.1, 0.15) is 44.4 Å². The second-order valence-corrected chi connectivity index (χ2v) is 9.56. The van der Waals surface area contributed by atoms with Crippen LogP contribution >= 0.6 is 0 Å². The van der Waals surface area contributed by atoms with Gasteiger partial charge in [0.15, 0.2) is 0 Å². The summed E-state index contributed by atoms with van der Waals surface area (Å²) in [6.07, 6.45) is 0.270. The van der Waals surface area contributed by atoms with E-state index < -0.39 is 35.6 Å². The first kappa shape index (κ1) is 25.2. The minimum absolute atomic E-state index is 0.191. The zero-order valence-electron chi connectivity index (χ0n) is 20.1. The molecule has 3 unspecified atom stereocenters. The zero-order chi connectivity index (χ0) is 24.9. The maximum absolute atomic E-state index is 13.4. The predicted molar refractivity (Wildman–Crippen MR) is 129 cm³/mol. The Labute approximate surface area is 200 Å². The normalized spacial score (nSPS) is 20.0. The van der Waals surface area contributed by atoms with Crippen molar-refractivity contribution in [2.45, 2.75) is 51.8 Å². The zero-order valence-corrected chi connectivity index (χ0v) is 20.1. The van der Waals surface area contributed by atoms with E-state index in [9.17, 15) is 19.5 Å². The lowest BCUT2D eigenvalue weighted by Gasteiger charge is -2.32. The fourth-order valence-corrected chi connectivity index (χ4v) is 4.26. The lowest BCUT2D eigenvalue weighted by Crippen LogP contribution is -2.48. The van der Waals surface area contributed by atoms with Crippen LogP contribution in [0, 0.1) is 12.8 Å². The third kappa shape index (κ3) is 6.35. The number of hydrogen-bond donors (Lipinski definition) is 3. The van der Waals surface area contributed by atoms with Crippen molar-refractivity contribution in [2.75, 3.05) is 18.5 Å². The number of esters is 1. The van der Waals surface area contributed by atoms with Crippen molar-refractivity contribution in [3.63, 3.8) is 0 Å². The standard InChI is InChI=1S/C26H33N3O5/c1-17-9-8-12-20(13-17)28-25(33)27-15-22(31)29-21(24(32)34-26(2,3)4)14-19(16-30)23(29)18-10-6-5-7-11-18/h5-13,19,21,23,30H,14-16H2,1-4H3,(H2,27,28,33). The molecule has 1 fully saturated rings. The van der Waals surface area contributed by atoms with Gasteiger partial charge in [0.2, 0.25) is 5.91 Å². The summed E-state index contributed by atoms with van der Waals surface area (Å²) in [5.41, 5.74) is 1.69. The Morgan fingerprint density at radius 1 is 1.09 bits per heavy atom. The number of amides is 3. The maximum atomic E-state index is 13.4. The quantitative estimate of drug-likeness (QED) is 0.565. The molecule has 0 aliphatic carbocycles. The molecule has 1 aliphatic rings. The van der Waals surface area contributed by atoms with Gasteiger partial charge in [-0.1, -0.05) is 42.5 Å². The van der Waals surface area contributed by atoms with E-state index in [0.29, 0.717) is 5.69 Å². The average Bonchev–Trinajstić information content (AvgIpc) is 3.17. The second-order valence-electron chi connectivity index (χ2n) is 9.56. The number of carbonyl (C=O) groups excluding carboxylic acids is 3. The van der Waals surface area contributed by atoms with Crippen molar-refractivity contribution in [3.05, 3.63) is 65.7 Å². The number of anilines is 1. The van der Waals surface area contributed by atoms with Gasteiger partial charge in [0.05, 0.1) is 12.6 Å². The van der Waals surface area contributed by atoms with Gasteiger partial charge in [0.25, 0.3) is 0 Å². The van der Waals surface area contributed by atoms with E-state index in [2.05, 4.69) is 10.6 Å². The molecule has 3 atom stereocenters. The Morgan fingerprint density at radius 3 is 2.41 bits per heavy atom. The van der Waals surface area contributed by atoms with Gasteiger partial charge in [-0.25, -0.2) is 9.59 Å². The molecule has 0 saturated carbocycles. The monoisotopic (exact) mass is 467 g/mol. The van der Waals surface area contributed by atoms with Crippen LogP contribution in [0.3, 0.4) is 0 Å². The number of aliphatic hydroxyl groups is 1. The first-order valence-corrected chi connectivity index (χ1v) is 11.4. The van der Waals surface area contributed by atoms with E-state index in [-0.39, 0.29) is 25.5 Å². The Morgan fingerprint density at radius 2 is 1.79 bits per heavy atom. The van der Waals surface area contributed by atoms with Gasteiger partial charge in [-0.15, -0.1) is 0 Å². The van der Waals surface area contributed by atoms with Gasteiger partial charge in [0.1, 0.15) is 11.6 Å². The van der Waals surface area contributed by atoms with E-state index in [0.717, 1.165) is 11.1 Å². The van der Waals surface area contributed by atoms with Crippen LogP contribution in [0.15, 0.2) is 54.6 Å². The first-order chi connectivity index (χ1) is 16.1. The molecular weight excluding hydrogens is 434 g/mol. The van der Waals surface area contributed by atoms with Crippen LogP contribution in [-0.4, -0.2) is 52.7 Å². The number of carbonyl (C=O) groups is 3. The maximum Gasteiger partial charge on any atom is 0.329 e. The van der Waals surface area contributed by atoms with Crippen LogP contribution < -0.4 is 10.6 Å². The number of rotatable bonds is 6. The third-order valence-corrected chi connectivity index (χ3v) is 5.63. The molecular formula is C26H33N3O5. The summed E-state index contributed by atoms with van der Waals surface area (Å²) in [5.74, 6) is -1.30.